The van der Waals surface area contributed by atoms with Crippen molar-refractivity contribution in [3.8, 4) is 0 Å². The summed E-state index contributed by atoms with van der Waals surface area (Å²) >= 11 is 0. The Kier molecular flexibility index (Phi) is 3.80. The zero-order chi connectivity index (χ0) is 12.4. The zero-order valence-electron chi connectivity index (χ0n) is 9.60. The molecule has 0 aromatic carbocycles. The molecular weight excluding hydrogens is 230 g/mol. The molecule has 0 radical (unpaired) electrons. The van der Waals surface area contributed by atoms with Crippen LogP contribution >= 0.6 is 0 Å². The molecule has 7 heteroatoms. The summed E-state index contributed by atoms with van der Waals surface area (Å²) < 4.78 is 26.2. The van der Waals surface area contributed by atoms with Crippen LogP contribution in [0.3, 0.4) is 0 Å². The van der Waals surface area contributed by atoms with Gasteiger partial charge < -0.3 is 10.9 Å². The number of amidine groups is 1. The molecular formula is C9H19N3O3S. The van der Waals surface area contributed by atoms with Crippen molar-refractivity contribution in [2.24, 2.45) is 10.9 Å². The van der Waals surface area contributed by atoms with Gasteiger partial charge in [0, 0.05) is 0 Å². The van der Waals surface area contributed by atoms with Gasteiger partial charge in [0.05, 0.1) is 10.8 Å². The molecule has 1 aliphatic carbocycles. The molecule has 0 bridgehead atoms. The number of sulfonamides is 1. The monoisotopic (exact) mass is 249 g/mol. The Balaban J connectivity index is 2.98. The SMILES string of the molecule is CC(C)S(=O)(=O)NC1(/C(N)=N/O)CCCC1. The molecule has 0 aromatic rings. The van der Waals surface area contributed by atoms with E-state index < -0.39 is 20.8 Å². The van der Waals surface area contributed by atoms with E-state index in [9.17, 15) is 8.42 Å². The summed E-state index contributed by atoms with van der Waals surface area (Å²) in [7, 11) is -3.42. The van der Waals surface area contributed by atoms with Gasteiger partial charge in [-0.25, -0.2) is 13.1 Å². The fourth-order valence-electron chi connectivity index (χ4n) is 1.87. The standard InChI is InChI=1S/C9H19N3O3S/c1-7(2)16(14,15)12-9(8(10)11-13)5-3-4-6-9/h7,12-13H,3-6H2,1-2H3,(H2,10,11). The van der Waals surface area contributed by atoms with Crippen molar-refractivity contribution in [2.75, 3.05) is 0 Å². The van der Waals surface area contributed by atoms with Crippen molar-refractivity contribution in [2.45, 2.75) is 50.3 Å². The molecule has 1 aliphatic rings. The van der Waals surface area contributed by atoms with Gasteiger partial charge in [-0.3, -0.25) is 0 Å². The van der Waals surface area contributed by atoms with E-state index in [2.05, 4.69) is 9.88 Å². The topological polar surface area (TPSA) is 105 Å². The highest BCUT2D eigenvalue weighted by molar-refractivity contribution is 7.90. The first kappa shape index (κ1) is 13.2. The molecule has 1 saturated carbocycles. The van der Waals surface area contributed by atoms with Gasteiger partial charge in [-0.2, -0.15) is 0 Å². The first-order valence-corrected chi connectivity index (χ1v) is 6.89. The molecule has 0 aliphatic heterocycles. The molecule has 1 rings (SSSR count). The highest BCUT2D eigenvalue weighted by Crippen LogP contribution is 2.31. The second-order valence-electron chi connectivity index (χ2n) is 4.47. The minimum atomic E-state index is -3.42. The summed E-state index contributed by atoms with van der Waals surface area (Å²) in [6.45, 7) is 3.19. The van der Waals surface area contributed by atoms with Crippen molar-refractivity contribution in [3.63, 3.8) is 0 Å². The summed E-state index contributed by atoms with van der Waals surface area (Å²) in [4.78, 5) is 0. The zero-order valence-corrected chi connectivity index (χ0v) is 10.4. The molecule has 0 unspecified atom stereocenters. The van der Waals surface area contributed by atoms with E-state index in [0.29, 0.717) is 12.8 Å². The molecule has 0 atom stereocenters. The maximum absolute atomic E-state index is 11.8. The lowest BCUT2D eigenvalue weighted by Gasteiger charge is -2.29. The Morgan fingerprint density at radius 1 is 1.44 bits per heavy atom. The van der Waals surface area contributed by atoms with Gasteiger partial charge in [-0.1, -0.05) is 18.0 Å². The number of hydrogen-bond acceptors (Lipinski definition) is 4. The van der Waals surface area contributed by atoms with Crippen LogP contribution < -0.4 is 10.5 Å². The van der Waals surface area contributed by atoms with Crippen LogP contribution in [0, 0.1) is 0 Å². The van der Waals surface area contributed by atoms with E-state index >= 15 is 0 Å². The average Bonchev–Trinajstić information content (AvgIpc) is 2.65. The van der Waals surface area contributed by atoms with Gasteiger partial charge >= 0.3 is 0 Å². The Morgan fingerprint density at radius 3 is 2.31 bits per heavy atom. The maximum atomic E-state index is 11.8. The van der Waals surface area contributed by atoms with Gasteiger partial charge in [-0.05, 0) is 26.7 Å². The number of nitrogens with zero attached hydrogens (tertiary/aromatic N) is 1. The molecule has 4 N–H and O–H groups in total. The predicted molar refractivity (Wildman–Crippen MR) is 61.8 cm³/mol. The average molecular weight is 249 g/mol. The van der Waals surface area contributed by atoms with Crippen molar-refractivity contribution in [1.29, 1.82) is 0 Å². The van der Waals surface area contributed by atoms with E-state index in [1.807, 2.05) is 0 Å². The highest BCUT2D eigenvalue weighted by Gasteiger charge is 2.42. The Labute approximate surface area is 95.9 Å². The molecule has 0 amide bonds. The molecule has 0 spiro atoms. The lowest BCUT2D eigenvalue weighted by Crippen LogP contribution is -2.56. The maximum Gasteiger partial charge on any atom is 0.214 e. The number of nitrogens with one attached hydrogen (secondary N) is 1. The number of nitrogens with two attached hydrogens (primary N) is 1. The molecule has 0 heterocycles. The lowest BCUT2D eigenvalue weighted by atomic mass is 9.98. The van der Waals surface area contributed by atoms with Crippen LogP contribution in [-0.2, 0) is 10.0 Å². The van der Waals surface area contributed by atoms with Crippen molar-refractivity contribution >= 4 is 15.9 Å². The van der Waals surface area contributed by atoms with Crippen LogP contribution in [-0.4, -0.2) is 30.2 Å². The van der Waals surface area contributed by atoms with Crippen LogP contribution in [0.1, 0.15) is 39.5 Å². The minimum Gasteiger partial charge on any atom is -0.409 e. The number of rotatable bonds is 4. The largest absolute Gasteiger partial charge is 0.409 e. The van der Waals surface area contributed by atoms with E-state index in [-0.39, 0.29) is 5.84 Å². The lowest BCUT2D eigenvalue weighted by molar-refractivity contribution is 0.309. The van der Waals surface area contributed by atoms with Crippen molar-refractivity contribution in [3.05, 3.63) is 0 Å². The summed E-state index contributed by atoms with van der Waals surface area (Å²) in [6.07, 6.45) is 2.90. The second-order valence-corrected chi connectivity index (χ2v) is 6.71. The third-order valence-corrected chi connectivity index (χ3v) is 4.93. The van der Waals surface area contributed by atoms with Gasteiger partial charge in [-0.15, -0.1) is 0 Å². The van der Waals surface area contributed by atoms with E-state index in [4.69, 9.17) is 10.9 Å². The molecule has 1 fully saturated rings. The molecule has 6 nitrogen and oxygen atoms in total. The fraction of sp³-hybridized carbons (Fsp3) is 0.889. The third-order valence-electron chi connectivity index (χ3n) is 3.01. The summed E-state index contributed by atoms with van der Waals surface area (Å²) in [5.41, 5.74) is 4.70. The van der Waals surface area contributed by atoms with E-state index in [0.717, 1.165) is 12.8 Å². The Morgan fingerprint density at radius 2 is 1.94 bits per heavy atom. The van der Waals surface area contributed by atoms with Crippen LogP contribution in [0.15, 0.2) is 5.16 Å². The molecule has 94 valence electrons. The quantitative estimate of drug-likeness (QED) is 0.290. The van der Waals surface area contributed by atoms with Gasteiger partial charge in [0.15, 0.2) is 5.84 Å². The Bertz CT molecular complexity index is 369. The molecule has 0 saturated heterocycles. The van der Waals surface area contributed by atoms with Crippen LogP contribution in [0.2, 0.25) is 0 Å². The fourth-order valence-corrected chi connectivity index (χ4v) is 2.96. The Hall–Kier alpha value is -0.820. The van der Waals surface area contributed by atoms with E-state index in [1.165, 1.54) is 0 Å². The van der Waals surface area contributed by atoms with Crippen LogP contribution in [0.25, 0.3) is 0 Å². The van der Waals surface area contributed by atoms with Gasteiger partial charge in [0.25, 0.3) is 0 Å². The minimum absolute atomic E-state index is 0.0470. The first-order chi connectivity index (χ1) is 7.34. The van der Waals surface area contributed by atoms with Gasteiger partial charge in [0.1, 0.15) is 0 Å². The normalized spacial score (nSPS) is 21.6. The van der Waals surface area contributed by atoms with Crippen LogP contribution in [0.5, 0.6) is 0 Å². The first-order valence-electron chi connectivity index (χ1n) is 5.35. The van der Waals surface area contributed by atoms with Crippen molar-refractivity contribution < 1.29 is 13.6 Å². The number of hydrogen-bond donors (Lipinski definition) is 3. The third kappa shape index (κ3) is 2.46. The molecule has 16 heavy (non-hydrogen) atoms. The highest BCUT2D eigenvalue weighted by atomic mass is 32.2. The summed E-state index contributed by atoms with van der Waals surface area (Å²) in [6, 6.07) is 0. The summed E-state index contributed by atoms with van der Waals surface area (Å²) in [5, 5.41) is 11.1. The number of oxime groups is 1. The second kappa shape index (κ2) is 4.58. The van der Waals surface area contributed by atoms with Crippen molar-refractivity contribution in [1.82, 2.24) is 4.72 Å². The van der Waals surface area contributed by atoms with Gasteiger partial charge in [0.2, 0.25) is 10.0 Å². The summed E-state index contributed by atoms with van der Waals surface area (Å²) in [5.74, 6) is -0.0470. The van der Waals surface area contributed by atoms with Crippen LogP contribution in [0.4, 0.5) is 0 Å². The van der Waals surface area contributed by atoms with E-state index in [1.54, 1.807) is 13.8 Å². The predicted octanol–water partition coefficient (Wildman–Crippen LogP) is 0.373. The molecule has 0 aromatic heterocycles. The smallest absolute Gasteiger partial charge is 0.214 e.